The topological polar surface area (TPSA) is 99.1 Å². The van der Waals surface area contributed by atoms with E-state index >= 15 is 0 Å². The highest BCUT2D eigenvalue weighted by molar-refractivity contribution is 5.72. The standard InChI is InChI=1S/C48H81NO7/c1-6-8-10-12-14-16-18-20-22-23-25-27-29-31-33-35-37-39-47(51)56-44(42-54-41-40-45(48(52)53)49(3,4)5)43-55-46(50)38-36-34-32-30-28-26-24-21-19-17-15-13-11-9-7-2/h8,10,12,14,16,18,20,22-23,25,27,29,44-45H,6-7,9,11,13,15,17,19,21,24,26,28,30-43H2,1-5H3/p+1/b10-8+,14-12+,18-16+,22-20+,25-23+,29-27+. The van der Waals surface area contributed by atoms with E-state index in [4.69, 9.17) is 14.2 Å². The van der Waals surface area contributed by atoms with Gasteiger partial charge in [0.2, 0.25) is 0 Å². The van der Waals surface area contributed by atoms with Crippen molar-refractivity contribution in [1.29, 1.82) is 0 Å². The zero-order valence-electron chi connectivity index (χ0n) is 36.3. The first-order valence-electron chi connectivity index (χ1n) is 22.1. The Morgan fingerprint density at radius 1 is 0.554 bits per heavy atom. The van der Waals surface area contributed by atoms with Gasteiger partial charge >= 0.3 is 17.9 Å². The number of carbonyl (C=O) groups is 3. The summed E-state index contributed by atoms with van der Waals surface area (Å²) in [5, 5.41) is 9.62. The van der Waals surface area contributed by atoms with Crippen molar-refractivity contribution in [2.75, 3.05) is 41.0 Å². The molecule has 0 heterocycles. The highest BCUT2D eigenvalue weighted by Gasteiger charge is 2.31. The summed E-state index contributed by atoms with van der Waals surface area (Å²) in [5.74, 6) is -1.53. The van der Waals surface area contributed by atoms with Crippen LogP contribution in [0.15, 0.2) is 72.9 Å². The van der Waals surface area contributed by atoms with E-state index in [1.165, 1.54) is 77.0 Å². The SMILES string of the molecule is CC/C=C/C=C/C=C/C=C/C=C/C=C/CCCCCC(=O)OC(COCCC(C(=O)O)[N+](C)(C)C)COC(=O)CCCCCCCCCCCCCCCCC. The highest BCUT2D eigenvalue weighted by atomic mass is 16.6. The fraction of sp³-hybridized carbons (Fsp3) is 0.688. The molecule has 8 heteroatoms. The third-order valence-corrected chi connectivity index (χ3v) is 9.53. The Morgan fingerprint density at radius 2 is 1.00 bits per heavy atom. The summed E-state index contributed by atoms with van der Waals surface area (Å²) in [6, 6.07) is -0.625. The lowest BCUT2D eigenvalue weighted by molar-refractivity contribution is -0.887. The summed E-state index contributed by atoms with van der Waals surface area (Å²) in [5.41, 5.74) is 0. The van der Waals surface area contributed by atoms with Gasteiger partial charge in [0.15, 0.2) is 12.1 Å². The summed E-state index contributed by atoms with van der Waals surface area (Å²) in [7, 11) is 5.50. The number of esters is 2. The molecule has 8 nitrogen and oxygen atoms in total. The number of hydrogen-bond acceptors (Lipinski definition) is 6. The number of carboxylic acid groups (broad SMARTS) is 1. The second-order valence-corrected chi connectivity index (χ2v) is 15.7. The van der Waals surface area contributed by atoms with Gasteiger partial charge in [-0.15, -0.1) is 0 Å². The van der Waals surface area contributed by atoms with Gasteiger partial charge in [-0.05, 0) is 32.1 Å². The lowest BCUT2D eigenvalue weighted by Gasteiger charge is -2.31. The number of quaternary nitrogens is 1. The minimum atomic E-state index is -0.885. The van der Waals surface area contributed by atoms with Crippen LogP contribution in [-0.2, 0) is 28.6 Å². The fourth-order valence-electron chi connectivity index (χ4n) is 6.12. The molecule has 0 spiro atoms. The maximum Gasteiger partial charge on any atom is 0.362 e. The van der Waals surface area contributed by atoms with Crippen LogP contribution in [0.5, 0.6) is 0 Å². The molecule has 0 bridgehead atoms. The van der Waals surface area contributed by atoms with Gasteiger partial charge in [-0.25, -0.2) is 4.79 Å². The Bertz CT molecular complexity index is 1140. The largest absolute Gasteiger partial charge is 0.477 e. The van der Waals surface area contributed by atoms with Gasteiger partial charge in [-0.1, -0.05) is 183 Å². The van der Waals surface area contributed by atoms with Crippen molar-refractivity contribution in [2.45, 2.75) is 174 Å². The Kier molecular flexibility index (Phi) is 36.4. The molecule has 56 heavy (non-hydrogen) atoms. The smallest absolute Gasteiger partial charge is 0.362 e. The summed E-state index contributed by atoms with van der Waals surface area (Å²) in [4.78, 5) is 37.0. The predicted molar refractivity (Wildman–Crippen MR) is 233 cm³/mol. The van der Waals surface area contributed by atoms with Gasteiger partial charge in [0.25, 0.3) is 0 Å². The minimum Gasteiger partial charge on any atom is -0.477 e. The Morgan fingerprint density at radius 3 is 1.48 bits per heavy atom. The zero-order valence-corrected chi connectivity index (χ0v) is 36.3. The molecule has 0 aliphatic carbocycles. The van der Waals surface area contributed by atoms with E-state index in [1.807, 2.05) is 81.9 Å². The monoisotopic (exact) mass is 785 g/mol. The average molecular weight is 785 g/mol. The third kappa shape index (κ3) is 36.4. The zero-order chi connectivity index (χ0) is 41.4. The summed E-state index contributed by atoms with van der Waals surface area (Å²) < 4.78 is 17.2. The Balaban J connectivity index is 4.45. The Hall–Kier alpha value is -3.23. The van der Waals surface area contributed by atoms with Gasteiger partial charge in [-0.2, -0.15) is 0 Å². The van der Waals surface area contributed by atoms with Crippen LogP contribution in [0, 0.1) is 0 Å². The first-order chi connectivity index (χ1) is 27.1. The molecule has 0 aromatic rings. The molecule has 0 amide bonds. The second-order valence-electron chi connectivity index (χ2n) is 15.7. The van der Waals surface area contributed by atoms with Crippen molar-refractivity contribution >= 4 is 17.9 Å². The normalized spacial score (nSPS) is 13.7. The van der Waals surface area contributed by atoms with Gasteiger partial charge in [-0.3, -0.25) is 9.59 Å². The number of carboxylic acids is 1. The molecule has 2 atom stereocenters. The lowest BCUT2D eigenvalue weighted by Crippen LogP contribution is -2.50. The van der Waals surface area contributed by atoms with E-state index < -0.39 is 18.1 Å². The van der Waals surface area contributed by atoms with E-state index in [-0.39, 0.29) is 42.7 Å². The average Bonchev–Trinajstić information content (AvgIpc) is 3.15. The summed E-state index contributed by atoms with van der Waals surface area (Å²) in [6.45, 7) is 4.54. The van der Waals surface area contributed by atoms with Crippen LogP contribution in [-0.4, -0.2) is 80.6 Å². The van der Waals surface area contributed by atoms with Crippen molar-refractivity contribution < 1.29 is 38.2 Å². The van der Waals surface area contributed by atoms with Crippen molar-refractivity contribution in [3.05, 3.63) is 72.9 Å². The molecule has 320 valence electrons. The fourth-order valence-corrected chi connectivity index (χ4v) is 6.12. The third-order valence-electron chi connectivity index (χ3n) is 9.53. The van der Waals surface area contributed by atoms with Crippen molar-refractivity contribution in [3.8, 4) is 0 Å². The number of carbonyl (C=O) groups excluding carboxylic acids is 2. The molecule has 0 saturated carbocycles. The number of ether oxygens (including phenoxy) is 3. The molecule has 0 saturated heterocycles. The number of aliphatic carboxylic acids is 1. The summed E-state index contributed by atoms with van der Waals surface area (Å²) >= 11 is 0. The van der Waals surface area contributed by atoms with E-state index in [1.54, 1.807) is 0 Å². The van der Waals surface area contributed by atoms with Gasteiger partial charge in [0.1, 0.15) is 6.61 Å². The van der Waals surface area contributed by atoms with Crippen LogP contribution < -0.4 is 0 Å². The number of rotatable bonds is 38. The first kappa shape index (κ1) is 52.8. The van der Waals surface area contributed by atoms with E-state index in [9.17, 15) is 19.5 Å². The number of nitrogens with zero attached hydrogens (tertiary/aromatic N) is 1. The van der Waals surface area contributed by atoms with E-state index in [2.05, 4.69) is 26.0 Å². The van der Waals surface area contributed by atoms with Gasteiger partial charge in [0.05, 0.1) is 34.4 Å². The number of likely N-dealkylation sites (N-methyl/N-ethyl adjacent to an activating group) is 1. The molecule has 1 N–H and O–H groups in total. The number of allylic oxidation sites excluding steroid dienone is 12. The molecule has 2 unspecified atom stereocenters. The lowest BCUT2D eigenvalue weighted by atomic mass is 10.0. The predicted octanol–water partition coefficient (Wildman–Crippen LogP) is 12.0. The van der Waals surface area contributed by atoms with E-state index in [0.29, 0.717) is 19.3 Å². The second kappa shape index (κ2) is 38.6. The molecular formula is C48H82NO7+. The van der Waals surface area contributed by atoms with Crippen LogP contribution >= 0.6 is 0 Å². The number of hydrogen-bond donors (Lipinski definition) is 1. The maximum absolute atomic E-state index is 12.7. The first-order valence-corrected chi connectivity index (χ1v) is 22.1. The van der Waals surface area contributed by atoms with Gasteiger partial charge in [0, 0.05) is 19.3 Å². The minimum absolute atomic E-state index is 0.0406. The highest BCUT2D eigenvalue weighted by Crippen LogP contribution is 2.15. The van der Waals surface area contributed by atoms with Crippen LogP contribution in [0.25, 0.3) is 0 Å². The molecule has 0 aromatic heterocycles. The summed E-state index contributed by atoms with van der Waals surface area (Å²) in [6.07, 6.45) is 48.0. The van der Waals surface area contributed by atoms with Crippen LogP contribution in [0.3, 0.4) is 0 Å². The number of unbranched alkanes of at least 4 members (excludes halogenated alkanes) is 17. The van der Waals surface area contributed by atoms with Gasteiger partial charge < -0.3 is 23.8 Å². The molecule has 0 rings (SSSR count). The van der Waals surface area contributed by atoms with Crippen LogP contribution in [0.1, 0.15) is 162 Å². The van der Waals surface area contributed by atoms with Crippen molar-refractivity contribution in [2.24, 2.45) is 0 Å². The van der Waals surface area contributed by atoms with Crippen molar-refractivity contribution in [1.82, 2.24) is 0 Å². The van der Waals surface area contributed by atoms with E-state index in [0.717, 1.165) is 44.9 Å². The van der Waals surface area contributed by atoms with Crippen LogP contribution in [0.4, 0.5) is 0 Å². The molecule has 0 radical (unpaired) electrons. The van der Waals surface area contributed by atoms with Crippen molar-refractivity contribution in [3.63, 3.8) is 0 Å². The Labute approximate surface area is 342 Å². The van der Waals surface area contributed by atoms with Crippen LogP contribution in [0.2, 0.25) is 0 Å². The molecule has 0 fully saturated rings. The molecule has 0 aliphatic rings. The molecule has 0 aliphatic heterocycles. The molecular weight excluding hydrogens is 703 g/mol. The quantitative estimate of drug-likeness (QED) is 0.0288. The molecule has 0 aromatic carbocycles. The maximum atomic E-state index is 12.7.